The van der Waals surface area contributed by atoms with Crippen molar-refractivity contribution < 1.29 is 9.53 Å². The summed E-state index contributed by atoms with van der Waals surface area (Å²) < 4.78 is 5.60. The lowest BCUT2D eigenvalue weighted by atomic mass is 9.86. The monoisotopic (exact) mass is 183 g/mol. The molecule has 0 aromatic carbocycles. The Bertz CT molecular complexity index is 185. The third-order valence-corrected chi connectivity index (χ3v) is 2.61. The summed E-state index contributed by atoms with van der Waals surface area (Å²) in [6.45, 7) is 3.36. The van der Waals surface area contributed by atoms with Crippen molar-refractivity contribution in [2.24, 2.45) is 10.9 Å². The number of carbonyl (C=O) groups excluding carboxylic acids is 1. The van der Waals surface area contributed by atoms with E-state index in [4.69, 9.17) is 4.74 Å². The van der Waals surface area contributed by atoms with Gasteiger partial charge in [0, 0.05) is 12.5 Å². The molecular weight excluding hydrogens is 166 g/mol. The maximum Gasteiger partial charge on any atom is 0.234 e. The van der Waals surface area contributed by atoms with Crippen molar-refractivity contribution in [3.8, 4) is 0 Å². The molecule has 0 aromatic heterocycles. The highest BCUT2D eigenvalue weighted by Crippen LogP contribution is 2.26. The first-order chi connectivity index (χ1) is 6.38. The molecule has 3 nitrogen and oxygen atoms in total. The van der Waals surface area contributed by atoms with Crippen molar-refractivity contribution >= 4 is 6.08 Å². The molecule has 0 saturated heterocycles. The quantitative estimate of drug-likeness (QED) is 0.493. The maximum atomic E-state index is 9.98. The van der Waals surface area contributed by atoms with Crippen LogP contribution < -0.4 is 0 Å². The predicted octanol–water partition coefficient (Wildman–Crippen LogP) is 1.92. The van der Waals surface area contributed by atoms with E-state index >= 15 is 0 Å². The van der Waals surface area contributed by atoms with E-state index in [1.807, 2.05) is 6.92 Å². The average molecular weight is 183 g/mol. The van der Waals surface area contributed by atoms with Gasteiger partial charge in [-0.25, -0.2) is 9.79 Å². The Hall–Kier alpha value is -0.660. The fraction of sp³-hybridized carbons (Fsp3) is 0.900. The molecule has 13 heavy (non-hydrogen) atoms. The molecule has 0 spiro atoms. The lowest BCUT2D eigenvalue weighted by Gasteiger charge is -2.29. The fourth-order valence-corrected chi connectivity index (χ4v) is 1.97. The Kier molecular flexibility index (Phi) is 4.73. The Labute approximate surface area is 79.2 Å². The van der Waals surface area contributed by atoms with Crippen LogP contribution in [0.3, 0.4) is 0 Å². The first kappa shape index (κ1) is 10.4. The van der Waals surface area contributed by atoms with Gasteiger partial charge < -0.3 is 4.74 Å². The second-order valence-corrected chi connectivity index (χ2v) is 3.47. The maximum absolute atomic E-state index is 9.98. The molecule has 0 heterocycles. The number of nitrogens with zero attached hydrogens (tertiary/aromatic N) is 1. The summed E-state index contributed by atoms with van der Waals surface area (Å²) in [4.78, 5) is 13.6. The second-order valence-electron chi connectivity index (χ2n) is 3.47. The summed E-state index contributed by atoms with van der Waals surface area (Å²) in [5.74, 6) is 0.440. The number of ether oxygens (including phenoxy) is 1. The molecule has 2 unspecified atom stereocenters. The van der Waals surface area contributed by atoms with Gasteiger partial charge >= 0.3 is 0 Å². The number of hydrogen-bond acceptors (Lipinski definition) is 3. The smallest absolute Gasteiger partial charge is 0.234 e. The van der Waals surface area contributed by atoms with Gasteiger partial charge in [-0.15, -0.1) is 0 Å². The SMILES string of the molecule is CCOC1CCCCC1CN=C=O. The summed E-state index contributed by atoms with van der Waals surface area (Å²) in [5.41, 5.74) is 0. The first-order valence-corrected chi connectivity index (χ1v) is 5.03. The van der Waals surface area contributed by atoms with Crippen LogP contribution in [0.15, 0.2) is 4.99 Å². The highest BCUT2D eigenvalue weighted by molar-refractivity contribution is 5.32. The molecule has 0 radical (unpaired) electrons. The molecule has 0 amide bonds. The highest BCUT2D eigenvalue weighted by Gasteiger charge is 2.24. The third-order valence-electron chi connectivity index (χ3n) is 2.61. The zero-order valence-electron chi connectivity index (χ0n) is 8.16. The minimum Gasteiger partial charge on any atom is -0.378 e. The van der Waals surface area contributed by atoms with Crippen LogP contribution in [-0.4, -0.2) is 25.3 Å². The van der Waals surface area contributed by atoms with Gasteiger partial charge in [-0.05, 0) is 19.8 Å². The molecule has 2 atom stereocenters. The summed E-state index contributed by atoms with van der Waals surface area (Å²) in [6, 6.07) is 0. The van der Waals surface area contributed by atoms with Crippen LogP contribution in [0.25, 0.3) is 0 Å². The van der Waals surface area contributed by atoms with Crippen molar-refractivity contribution in [1.29, 1.82) is 0 Å². The molecule has 1 aliphatic rings. The molecule has 0 aromatic rings. The van der Waals surface area contributed by atoms with E-state index in [2.05, 4.69) is 4.99 Å². The number of rotatable bonds is 4. The van der Waals surface area contributed by atoms with Gasteiger partial charge in [0.2, 0.25) is 6.08 Å². The Morgan fingerprint density at radius 2 is 2.23 bits per heavy atom. The summed E-state index contributed by atoms with van der Waals surface area (Å²) in [6.07, 6.45) is 6.65. The van der Waals surface area contributed by atoms with Crippen LogP contribution in [0.4, 0.5) is 0 Å². The van der Waals surface area contributed by atoms with Crippen LogP contribution in [0.1, 0.15) is 32.6 Å². The summed E-state index contributed by atoms with van der Waals surface area (Å²) in [7, 11) is 0. The van der Waals surface area contributed by atoms with Gasteiger partial charge in [0.05, 0.1) is 12.6 Å². The van der Waals surface area contributed by atoms with Crippen LogP contribution >= 0.6 is 0 Å². The van der Waals surface area contributed by atoms with Crippen molar-refractivity contribution in [1.82, 2.24) is 0 Å². The molecule has 74 valence electrons. The van der Waals surface area contributed by atoms with Crippen molar-refractivity contribution in [2.75, 3.05) is 13.2 Å². The van der Waals surface area contributed by atoms with Gasteiger partial charge in [-0.1, -0.05) is 12.8 Å². The third kappa shape index (κ3) is 3.29. The van der Waals surface area contributed by atoms with Gasteiger partial charge in [0.1, 0.15) is 0 Å². The standard InChI is InChI=1S/C10H17NO2/c1-2-13-10-6-4-3-5-9(10)7-11-8-12/h9-10H,2-7H2,1H3. The highest BCUT2D eigenvalue weighted by atomic mass is 16.5. The first-order valence-electron chi connectivity index (χ1n) is 5.03. The van der Waals surface area contributed by atoms with E-state index in [0.717, 1.165) is 19.4 Å². The lowest BCUT2D eigenvalue weighted by molar-refractivity contribution is -0.000894. The molecule has 0 bridgehead atoms. The van der Waals surface area contributed by atoms with E-state index in [0.29, 0.717) is 18.6 Å². The topological polar surface area (TPSA) is 38.7 Å². The molecule has 1 rings (SSSR count). The van der Waals surface area contributed by atoms with E-state index < -0.39 is 0 Å². The minimum atomic E-state index is 0.316. The minimum absolute atomic E-state index is 0.316. The van der Waals surface area contributed by atoms with Gasteiger partial charge in [0.25, 0.3) is 0 Å². The molecular formula is C10H17NO2. The van der Waals surface area contributed by atoms with Crippen molar-refractivity contribution in [2.45, 2.75) is 38.7 Å². The average Bonchev–Trinajstić information content (AvgIpc) is 2.17. The lowest BCUT2D eigenvalue weighted by Crippen LogP contribution is -2.29. The van der Waals surface area contributed by atoms with E-state index in [9.17, 15) is 4.79 Å². The van der Waals surface area contributed by atoms with Gasteiger partial charge in [-0.2, -0.15) is 0 Å². The molecule has 1 saturated carbocycles. The zero-order valence-corrected chi connectivity index (χ0v) is 8.16. The van der Waals surface area contributed by atoms with Crippen LogP contribution in [0.5, 0.6) is 0 Å². The van der Waals surface area contributed by atoms with Gasteiger partial charge in [-0.3, -0.25) is 0 Å². The Morgan fingerprint density at radius 3 is 2.92 bits per heavy atom. The second kappa shape index (κ2) is 5.90. The molecule has 1 fully saturated rings. The predicted molar refractivity (Wildman–Crippen MR) is 50.4 cm³/mol. The Balaban J connectivity index is 2.40. The number of isocyanates is 1. The summed E-state index contributed by atoms with van der Waals surface area (Å²) >= 11 is 0. The van der Waals surface area contributed by atoms with E-state index in [-0.39, 0.29) is 0 Å². The fourth-order valence-electron chi connectivity index (χ4n) is 1.97. The number of hydrogen-bond donors (Lipinski definition) is 0. The van der Waals surface area contributed by atoms with E-state index in [1.165, 1.54) is 12.8 Å². The van der Waals surface area contributed by atoms with Crippen LogP contribution in [0.2, 0.25) is 0 Å². The van der Waals surface area contributed by atoms with E-state index in [1.54, 1.807) is 6.08 Å². The zero-order chi connectivity index (χ0) is 9.52. The largest absolute Gasteiger partial charge is 0.378 e. The Morgan fingerprint density at radius 1 is 1.46 bits per heavy atom. The normalized spacial score (nSPS) is 28.1. The number of aliphatic imine (C=N–C) groups is 1. The summed E-state index contributed by atoms with van der Waals surface area (Å²) in [5, 5.41) is 0. The molecule has 0 N–H and O–H groups in total. The molecule has 0 aliphatic heterocycles. The van der Waals surface area contributed by atoms with Crippen molar-refractivity contribution in [3.05, 3.63) is 0 Å². The van der Waals surface area contributed by atoms with Crippen LogP contribution in [-0.2, 0) is 9.53 Å². The molecule has 3 heteroatoms. The van der Waals surface area contributed by atoms with Crippen molar-refractivity contribution in [3.63, 3.8) is 0 Å². The van der Waals surface area contributed by atoms with Crippen LogP contribution in [0, 0.1) is 5.92 Å². The van der Waals surface area contributed by atoms with Gasteiger partial charge in [0.15, 0.2) is 0 Å². The molecule has 1 aliphatic carbocycles.